The topological polar surface area (TPSA) is 17.1 Å². The number of hydrogen-bond acceptors (Lipinski definition) is 1. The van der Waals surface area contributed by atoms with Crippen molar-refractivity contribution in [3.63, 3.8) is 0 Å². The third-order valence-corrected chi connectivity index (χ3v) is 0. The third kappa shape index (κ3) is 65.0. The van der Waals surface area contributed by atoms with Crippen LogP contribution >= 0.6 is 33.6 Å². The summed E-state index contributed by atoms with van der Waals surface area (Å²) >= 11 is 0. The standard InChI is InChI=1S/2ClH.FH2OP/c;;1-3-2/h2*1H;3H2. The predicted molar refractivity (Wildman–Crippen MR) is 26.0 cm³/mol. The second kappa shape index (κ2) is 21.9. The Morgan fingerprint density at radius 3 is 1.40 bits per heavy atom. The summed E-state index contributed by atoms with van der Waals surface area (Å²) in [5.41, 5.74) is 0. The number of halogens is 3. The van der Waals surface area contributed by atoms with E-state index < -0.39 is 8.77 Å². The molecule has 5 heavy (non-hydrogen) atoms. The van der Waals surface area contributed by atoms with E-state index in [4.69, 9.17) is 4.57 Å². The van der Waals surface area contributed by atoms with Gasteiger partial charge in [-0.05, 0) is 0 Å². The summed E-state index contributed by atoms with van der Waals surface area (Å²) in [4.78, 5) is 0. The van der Waals surface area contributed by atoms with Crippen LogP contribution in [0, 0.1) is 0 Å². The molecule has 0 bridgehead atoms. The summed E-state index contributed by atoms with van der Waals surface area (Å²) in [6.07, 6.45) is 0. The fourth-order valence-corrected chi connectivity index (χ4v) is 0. The molecule has 0 fully saturated rings. The first-order valence-electron chi connectivity index (χ1n) is 0.454. The van der Waals surface area contributed by atoms with Crippen LogP contribution < -0.4 is 0 Å². The van der Waals surface area contributed by atoms with Gasteiger partial charge in [0.15, 0.2) is 0 Å². The second-order valence-corrected chi connectivity index (χ2v) is 0.267. The molecule has 0 heterocycles. The number of rotatable bonds is 0. The first-order chi connectivity index (χ1) is 1.41. The maximum Gasteiger partial charge on any atom is 0.223 e. The lowest BCUT2D eigenvalue weighted by atomic mass is 16.0. The van der Waals surface area contributed by atoms with Crippen LogP contribution in [-0.4, -0.2) is 0 Å². The van der Waals surface area contributed by atoms with Crippen molar-refractivity contribution in [2.45, 2.75) is 0 Å². The van der Waals surface area contributed by atoms with E-state index in [1.807, 2.05) is 0 Å². The molecule has 0 spiro atoms. The van der Waals surface area contributed by atoms with E-state index >= 15 is 0 Å². The second-order valence-electron chi connectivity index (χ2n) is 0.0891. The molecule has 0 aliphatic rings. The van der Waals surface area contributed by atoms with Crippen molar-refractivity contribution in [1.82, 2.24) is 0 Å². The summed E-state index contributed by atoms with van der Waals surface area (Å²) in [7, 11) is -2.00. The van der Waals surface area contributed by atoms with Crippen LogP contribution in [0.15, 0.2) is 0 Å². The minimum absolute atomic E-state index is 0. The molecule has 0 aromatic heterocycles. The van der Waals surface area contributed by atoms with Gasteiger partial charge in [-0.2, -0.15) is 4.20 Å². The fourth-order valence-electron chi connectivity index (χ4n) is 0. The zero-order valence-corrected chi connectivity index (χ0v) is 4.97. The highest BCUT2D eigenvalue weighted by Crippen LogP contribution is 1.83. The predicted octanol–water partition coefficient (Wildman–Crippen LogP) is 1.47. The molecule has 1 unspecified atom stereocenters. The summed E-state index contributed by atoms with van der Waals surface area (Å²) in [6.45, 7) is 0. The summed E-state index contributed by atoms with van der Waals surface area (Å²) in [6, 6.07) is 0. The average molecular weight is 141 g/mol. The van der Waals surface area contributed by atoms with E-state index in [9.17, 15) is 4.20 Å². The maximum absolute atomic E-state index is 9.82. The molecule has 0 aromatic rings. The highest BCUT2D eigenvalue weighted by atomic mass is 35.5. The molecule has 0 N–H and O–H groups in total. The molecule has 0 saturated carbocycles. The number of hydrogen-bond donors (Lipinski definition) is 0. The van der Waals surface area contributed by atoms with Gasteiger partial charge in [0.25, 0.3) is 0 Å². The Morgan fingerprint density at radius 2 is 1.40 bits per heavy atom. The molecule has 0 amide bonds. The van der Waals surface area contributed by atoms with Crippen molar-refractivity contribution in [1.29, 1.82) is 0 Å². The van der Waals surface area contributed by atoms with Crippen LogP contribution in [0.3, 0.4) is 0 Å². The zero-order chi connectivity index (χ0) is 2.71. The van der Waals surface area contributed by atoms with E-state index in [1.54, 1.807) is 0 Å². The summed E-state index contributed by atoms with van der Waals surface area (Å²) < 4.78 is 18.2. The SMILES string of the molecule is Cl.Cl.O=[PH2]F. The minimum atomic E-state index is -2.00. The van der Waals surface area contributed by atoms with Crippen molar-refractivity contribution in [3.05, 3.63) is 0 Å². The van der Waals surface area contributed by atoms with Crippen LogP contribution in [0.25, 0.3) is 0 Å². The Morgan fingerprint density at radius 1 is 1.40 bits per heavy atom. The van der Waals surface area contributed by atoms with Crippen LogP contribution in [0.5, 0.6) is 0 Å². The van der Waals surface area contributed by atoms with Gasteiger partial charge in [0.1, 0.15) is 0 Å². The van der Waals surface area contributed by atoms with Crippen LogP contribution in [0.2, 0.25) is 0 Å². The van der Waals surface area contributed by atoms with Gasteiger partial charge in [0.05, 0.1) is 0 Å². The van der Waals surface area contributed by atoms with Crippen LogP contribution in [-0.2, 0) is 4.57 Å². The lowest BCUT2D eigenvalue weighted by Gasteiger charge is -1.25. The quantitative estimate of drug-likeness (QED) is 0.466. The monoisotopic (exact) mass is 140 g/mol. The van der Waals surface area contributed by atoms with Gasteiger partial charge in [0.2, 0.25) is 8.77 Å². The van der Waals surface area contributed by atoms with Gasteiger partial charge < -0.3 is 0 Å². The molecule has 0 radical (unpaired) electrons. The molecule has 0 aliphatic heterocycles. The maximum atomic E-state index is 9.82. The first kappa shape index (κ1) is 17.2. The molecule has 0 saturated heterocycles. The van der Waals surface area contributed by atoms with Crippen molar-refractivity contribution < 1.29 is 8.76 Å². The van der Waals surface area contributed by atoms with E-state index in [0.29, 0.717) is 0 Å². The molecule has 5 heteroatoms. The summed E-state index contributed by atoms with van der Waals surface area (Å²) in [5, 5.41) is 0. The Kier molecular flexibility index (Phi) is 75.2. The van der Waals surface area contributed by atoms with Crippen molar-refractivity contribution >= 4 is 33.6 Å². The molecular weight excluding hydrogens is 137 g/mol. The third-order valence-electron chi connectivity index (χ3n) is 0. The Hall–Kier alpha value is 0.740. The van der Waals surface area contributed by atoms with Gasteiger partial charge in [0, 0.05) is 0 Å². The lowest BCUT2D eigenvalue weighted by molar-refractivity contribution is 0.575. The van der Waals surface area contributed by atoms with E-state index in [2.05, 4.69) is 0 Å². The Labute approximate surface area is 43.1 Å². The smallest absolute Gasteiger partial charge is 0.223 e. The molecular formula is H4Cl2FOP. The first-order valence-corrected chi connectivity index (χ1v) is 1.36. The Balaban J connectivity index is -0.0000000200. The molecule has 36 valence electrons. The average Bonchev–Trinajstić information content (AvgIpc) is 0.918. The van der Waals surface area contributed by atoms with Gasteiger partial charge in [-0.15, -0.1) is 24.8 Å². The normalized spacial score (nSPS) is 5.80. The van der Waals surface area contributed by atoms with Crippen LogP contribution in [0.1, 0.15) is 0 Å². The van der Waals surface area contributed by atoms with Gasteiger partial charge >= 0.3 is 0 Å². The molecule has 0 aromatic carbocycles. The summed E-state index contributed by atoms with van der Waals surface area (Å²) in [5.74, 6) is 0. The van der Waals surface area contributed by atoms with E-state index in [1.165, 1.54) is 0 Å². The van der Waals surface area contributed by atoms with Gasteiger partial charge in [-0.3, -0.25) is 4.57 Å². The van der Waals surface area contributed by atoms with Crippen molar-refractivity contribution in [3.8, 4) is 0 Å². The molecule has 1 nitrogen and oxygen atoms in total. The highest BCUT2D eigenvalue weighted by molar-refractivity contribution is 7.16. The van der Waals surface area contributed by atoms with Gasteiger partial charge in [-0.25, -0.2) is 0 Å². The Bertz CT molecular complexity index is 17.1. The fraction of sp³-hybridized carbons (Fsp3) is 0. The molecule has 1 atom stereocenters. The largest absolute Gasteiger partial charge is 0.294 e. The van der Waals surface area contributed by atoms with E-state index in [-0.39, 0.29) is 24.8 Å². The van der Waals surface area contributed by atoms with Crippen molar-refractivity contribution in [2.24, 2.45) is 0 Å². The van der Waals surface area contributed by atoms with Gasteiger partial charge in [-0.1, -0.05) is 0 Å². The lowest BCUT2D eigenvalue weighted by Crippen LogP contribution is -0.761. The highest BCUT2D eigenvalue weighted by Gasteiger charge is 1.24. The van der Waals surface area contributed by atoms with Crippen molar-refractivity contribution in [2.75, 3.05) is 0 Å². The molecule has 0 rings (SSSR count). The van der Waals surface area contributed by atoms with E-state index in [0.717, 1.165) is 0 Å². The molecule has 0 aliphatic carbocycles. The van der Waals surface area contributed by atoms with Crippen LogP contribution in [0.4, 0.5) is 4.20 Å². The zero-order valence-electron chi connectivity index (χ0n) is 2.18. The minimum Gasteiger partial charge on any atom is -0.294 e.